The Morgan fingerprint density at radius 3 is 2.53 bits per heavy atom. The molecule has 2 heterocycles. The van der Waals surface area contributed by atoms with E-state index >= 15 is 0 Å². The van der Waals surface area contributed by atoms with E-state index in [1.165, 1.54) is 29.1 Å². The minimum Gasteiger partial charge on any atom is -0.381 e. The van der Waals surface area contributed by atoms with Crippen LogP contribution in [-0.4, -0.2) is 54.7 Å². The monoisotopic (exact) mass is 412 g/mol. The average molecular weight is 413 g/mol. The van der Waals surface area contributed by atoms with E-state index < -0.39 is 0 Å². The normalized spacial score (nSPS) is 21.2. The number of likely N-dealkylation sites (N-methyl/N-ethyl adjacent to an activating group) is 1. The van der Waals surface area contributed by atoms with Gasteiger partial charge in [0, 0.05) is 39.0 Å². The minimum atomic E-state index is 0.346. The lowest BCUT2D eigenvalue weighted by atomic mass is 9.89. The molecule has 4 heteroatoms. The van der Waals surface area contributed by atoms with E-state index in [9.17, 15) is 0 Å². The van der Waals surface area contributed by atoms with Gasteiger partial charge in [-0.25, -0.2) is 0 Å². The SMILES string of the molecule is C/C=C(/Cc1cccc(C2CCCC(C(=NC)/C(C)=C\CC)N2C)n1)N(C)C.CC. The van der Waals surface area contributed by atoms with Crippen molar-refractivity contribution in [1.82, 2.24) is 14.8 Å². The van der Waals surface area contributed by atoms with Gasteiger partial charge in [-0.15, -0.1) is 0 Å². The van der Waals surface area contributed by atoms with E-state index in [-0.39, 0.29) is 0 Å². The Kier molecular flexibility index (Phi) is 11.6. The van der Waals surface area contributed by atoms with E-state index in [4.69, 9.17) is 4.98 Å². The second-order valence-corrected chi connectivity index (χ2v) is 7.94. The molecular formula is C26H44N4. The maximum absolute atomic E-state index is 5.05. The van der Waals surface area contributed by atoms with Gasteiger partial charge in [0.2, 0.25) is 0 Å². The summed E-state index contributed by atoms with van der Waals surface area (Å²) in [5, 5.41) is 0. The number of allylic oxidation sites excluding steroid dienone is 3. The molecule has 0 aliphatic carbocycles. The average Bonchev–Trinajstić information content (AvgIpc) is 2.75. The molecule has 0 bridgehead atoms. The second kappa shape index (κ2) is 13.4. The van der Waals surface area contributed by atoms with Gasteiger partial charge < -0.3 is 4.90 Å². The Labute approximate surface area is 185 Å². The number of nitrogens with zero attached hydrogens (tertiary/aromatic N) is 4. The van der Waals surface area contributed by atoms with Crippen molar-refractivity contribution in [1.29, 1.82) is 0 Å². The van der Waals surface area contributed by atoms with Gasteiger partial charge in [0.25, 0.3) is 0 Å². The molecular weight excluding hydrogens is 368 g/mol. The summed E-state index contributed by atoms with van der Waals surface area (Å²) in [5.74, 6) is 0. The number of hydrogen-bond donors (Lipinski definition) is 0. The van der Waals surface area contributed by atoms with Gasteiger partial charge in [-0.2, -0.15) is 0 Å². The summed E-state index contributed by atoms with van der Waals surface area (Å²) in [4.78, 5) is 14.4. The fourth-order valence-electron chi connectivity index (χ4n) is 4.30. The first-order valence-corrected chi connectivity index (χ1v) is 11.6. The van der Waals surface area contributed by atoms with Gasteiger partial charge in [-0.05, 0) is 64.3 Å². The molecule has 0 aromatic carbocycles. The van der Waals surface area contributed by atoms with E-state index in [0.717, 1.165) is 31.4 Å². The van der Waals surface area contributed by atoms with Gasteiger partial charge in [-0.1, -0.05) is 39.0 Å². The molecule has 2 rings (SSSR count). The number of aromatic nitrogens is 1. The summed E-state index contributed by atoms with van der Waals surface area (Å²) in [5.41, 5.74) is 6.16. The van der Waals surface area contributed by atoms with Crippen LogP contribution in [0.2, 0.25) is 0 Å². The van der Waals surface area contributed by atoms with Crippen LogP contribution in [0.4, 0.5) is 0 Å². The quantitative estimate of drug-likeness (QED) is 0.510. The van der Waals surface area contributed by atoms with Crippen LogP contribution in [0.1, 0.15) is 77.7 Å². The highest BCUT2D eigenvalue weighted by Gasteiger charge is 2.32. The first-order valence-electron chi connectivity index (χ1n) is 11.6. The van der Waals surface area contributed by atoms with Crippen LogP contribution in [-0.2, 0) is 6.42 Å². The third kappa shape index (κ3) is 6.80. The maximum atomic E-state index is 5.05. The molecule has 1 fully saturated rings. The van der Waals surface area contributed by atoms with Gasteiger partial charge in [0.15, 0.2) is 0 Å². The van der Waals surface area contributed by atoms with E-state index in [1.807, 2.05) is 20.9 Å². The topological polar surface area (TPSA) is 31.7 Å². The van der Waals surface area contributed by atoms with Crippen molar-refractivity contribution < 1.29 is 0 Å². The number of hydrogen-bond acceptors (Lipinski definition) is 4. The number of likely N-dealkylation sites (tertiary alicyclic amines) is 1. The zero-order chi connectivity index (χ0) is 22.7. The molecule has 0 radical (unpaired) electrons. The van der Waals surface area contributed by atoms with Crippen molar-refractivity contribution in [3.63, 3.8) is 0 Å². The van der Waals surface area contributed by atoms with Crippen LogP contribution >= 0.6 is 0 Å². The Morgan fingerprint density at radius 2 is 1.97 bits per heavy atom. The van der Waals surface area contributed by atoms with Crippen LogP contribution in [0, 0.1) is 0 Å². The molecule has 2 unspecified atom stereocenters. The van der Waals surface area contributed by atoms with Crippen LogP contribution in [0.3, 0.4) is 0 Å². The third-order valence-corrected chi connectivity index (χ3v) is 5.85. The van der Waals surface area contributed by atoms with Crippen molar-refractivity contribution in [2.45, 2.75) is 78.8 Å². The van der Waals surface area contributed by atoms with Crippen LogP contribution in [0.15, 0.2) is 46.6 Å². The number of rotatable bonds is 7. The molecule has 0 spiro atoms. The minimum absolute atomic E-state index is 0.346. The van der Waals surface area contributed by atoms with Crippen molar-refractivity contribution in [2.75, 3.05) is 28.2 Å². The summed E-state index contributed by atoms with van der Waals surface area (Å²) in [6.07, 6.45) is 9.91. The van der Waals surface area contributed by atoms with Crippen LogP contribution in [0.25, 0.3) is 0 Å². The highest BCUT2D eigenvalue weighted by Crippen LogP contribution is 2.34. The van der Waals surface area contributed by atoms with Crippen molar-refractivity contribution in [3.05, 3.63) is 53.0 Å². The van der Waals surface area contributed by atoms with E-state index in [2.05, 4.69) is 87.1 Å². The molecule has 1 saturated heterocycles. The lowest BCUT2D eigenvalue weighted by Gasteiger charge is -2.40. The molecule has 0 N–H and O–H groups in total. The standard InChI is InChI=1S/C24H38N4.C2H6/c1-8-12-18(3)24(25-4)23-16-11-15-22(28(23)7)21-14-10-13-19(26-21)17-20(9-2)27(5)6;1-2/h9-10,12-14,22-23H,8,11,15-17H2,1-7H3;1-2H3/b18-12-,20-9-,25-24?;. The van der Waals surface area contributed by atoms with E-state index in [1.54, 1.807) is 0 Å². The molecule has 1 aromatic heterocycles. The number of pyridine rings is 1. The van der Waals surface area contributed by atoms with Gasteiger partial charge in [0.1, 0.15) is 0 Å². The second-order valence-electron chi connectivity index (χ2n) is 7.94. The molecule has 0 saturated carbocycles. The largest absolute Gasteiger partial charge is 0.381 e. The molecule has 168 valence electrons. The molecule has 0 amide bonds. The number of aliphatic imine (C=N–C) groups is 1. The van der Waals surface area contributed by atoms with Crippen molar-refractivity contribution in [2.24, 2.45) is 4.99 Å². The summed E-state index contributed by atoms with van der Waals surface area (Å²) >= 11 is 0. The fourth-order valence-corrected chi connectivity index (χ4v) is 4.30. The van der Waals surface area contributed by atoms with Crippen LogP contribution < -0.4 is 0 Å². The predicted molar refractivity (Wildman–Crippen MR) is 132 cm³/mol. The molecule has 4 nitrogen and oxygen atoms in total. The molecule has 2 atom stereocenters. The van der Waals surface area contributed by atoms with Crippen molar-refractivity contribution >= 4 is 5.71 Å². The molecule has 30 heavy (non-hydrogen) atoms. The first kappa shape index (κ1) is 26.1. The highest BCUT2D eigenvalue weighted by molar-refractivity contribution is 6.03. The number of piperidine rings is 1. The van der Waals surface area contributed by atoms with Gasteiger partial charge in [-0.3, -0.25) is 14.9 Å². The van der Waals surface area contributed by atoms with Gasteiger partial charge in [0.05, 0.1) is 23.5 Å². The van der Waals surface area contributed by atoms with Gasteiger partial charge >= 0.3 is 0 Å². The molecule has 1 aliphatic rings. The smallest absolute Gasteiger partial charge is 0.0578 e. The lowest BCUT2D eigenvalue weighted by molar-refractivity contribution is 0.151. The summed E-state index contributed by atoms with van der Waals surface area (Å²) in [6.45, 7) is 10.5. The Morgan fingerprint density at radius 1 is 1.27 bits per heavy atom. The zero-order valence-electron chi connectivity index (χ0n) is 20.9. The summed E-state index contributed by atoms with van der Waals surface area (Å²) < 4.78 is 0. The maximum Gasteiger partial charge on any atom is 0.0578 e. The Bertz CT molecular complexity index is 730. The molecule has 1 aromatic rings. The van der Waals surface area contributed by atoms with Crippen molar-refractivity contribution in [3.8, 4) is 0 Å². The predicted octanol–water partition coefficient (Wildman–Crippen LogP) is 6.07. The zero-order valence-corrected chi connectivity index (χ0v) is 20.9. The van der Waals surface area contributed by atoms with Crippen LogP contribution in [0.5, 0.6) is 0 Å². The third-order valence-electron chi connectivity index (χ3n) is 5.85. The summed E-state index contributed by atoms with van der Waals surface area (Å²) in [7, 11) is 8.36. The Balaban J connectivity index is 0.00000218. The lowest BCUT2D eigenvalue weighted by Crippen LogP contribution is -2.44. The molecule has 1 aliphatic heterocycles. The Hall–Kier alpha value is -1.94. The fraction of sp³-hybridized carbons (Fsp3) is 0.615. The first-order chi connectivity index (χ1) is 14.4. The van der Waals surface area contributed by atoms with E-state index in [0.29, 0.717) is 12.1 Å². The highest BCUT2D eigenvalue weighted by atomic mass is 15.2. The summed E-state index contributed by atoms with van der Waals surface area (Å²) in [6, 6.07) is 7.21.